The average molecular weight is 280 g/mol. The molecule has 0 saturated carbocycles. The number of benzene rings is 1. The molecular formula is C14H20N2O4. The Morgan fingerprint density at radius 2 is 1.95 bits per heavy atom. The SMILES string of the molecule is CC(C)(N)C(=O)N[C@@H](COCc1ccccc1)C(=O)O. The third-order valence-corrected chi connectivity index (χ3v) is 2.58. The lowest BCUT2D eigenvalue weighted by atomic mass is 10.1. The molecule has 0 spiro atoms. The normalized spacial score (nSPS) is 12.8. The smallest absolute Gasteiger partial charge is 0.328 e. The van der Waals surface area contributed by atoms with E-state index in [1.54, 1.807) is 0 Å². The molecule has 0 fully saturated rings. The lowest BCUT2D eigenvalue weighted by molar-refractivity contribution is -0.144. The van der Waals surface area contributed by atoms with E-state index in [4.69, 9.17) is 15.6 Å². The molecule has 4 N–H and O–H groups in total. The van der Waals surface area contributed by atoms with Crippen molar-refractivity contribution in [1.29, 1.82) is 0 Å². The summed E-state index contributed by atoms with van der Waals surface area (Å²) in [5, 5.41) is 11.4. The average Bonchev–Trinajstić information content (AvgIpc) is 2.37. The molecule has 1 rings (SSSR count). The summed E-state index contributed by atoms with van der Waals surface area (Å²) in [5.41, 5.74) is 5.40. The highest BCUT2D eigenvalue weighted by molar-refractivity contribution is 5.89. The molecule has 0 aliphatic carbocycles. The number of carboxylic acids is 1. The van der Waals surface area contributed by atoms with Gasteiger partial charge in [0.1, 0.15) is 0 Å². The topological polar surface area (TPSA) is 102 Å². The third-order valence-electron chi connectivity index (χ3n) is 2.58. The number of hydrogen-bond donors (Lipinski definition) is 3. The van der Waals surface area contributed by atoms with Crippen LogP contribution in [0.25, 0.3) is 0 Å². The van der Waals surface area contributed by atoms with Crippen LogP contribution in [0.15, 0.2) is 30.3 Å². The van der Waals surface area contributed by atoms with Crippen molar-refractivity contribution >= 4 is 11.9 Å². The van der Waals surface area contributed by atoms with Gasteiger partial charge < -0.3 is 20.9 Å². The van der Waals surface area contributed by atoms with Crippen molar-refractivity contribution in [2.75, 3.05) is 6.61 Å². The number of aliphatic carboxylic acids is 1. The number of amides is 1. The first-order valence-corrected chi connectivity index (χ1v) is 6.25. The summed E-state index contributed by atoms with van der Waals surface area (Å²) in [5.74, 6) is -1.69. The van der Waals surface area contributed by atoms with Crippen LogP contribution >= 0.6 is 0 Å². The van der Waals surface area contributed by atoms with Crippen LogP contribution in [0.2, 0.25) is 0 Å². The standard InChI is InChI=1S/C14H20N2O4/c1-14(2,15)13(19)16-11(12(17)18)9-20-8-10-6-4-3-5-7-10/h3-7,11H,8-9,15H2,1-2H3,(H,16,19)(H,17,18)/t11-/m0/s1. The molecule has 110 valence electrons. The van der Waals surface area contributed by atoms with Gasteiger partial charge in [-0.1, -0.05) is 30.3 Å². The number of rotatable bonds is 7. The van der Waals surface area contributed by atoms with Gasteiger partial charge in [0.2, 0.25) is 5.91 Å². The Bertz CT molecular complexity index is 454. The highest BCUT2D eigenvalue weighted by Gasteiger charge is 2.27. The zero-order valence-electron chi connectivity index (χ0n) is 11.6. The highest BCUT2D eigenvalue weighted by atomic mass is 16.5. The van der Waals surface area contributed by atoms with Crippen LogP contribution in [0, 0.1) is 0 Å². The minimum atomic E-state index is -1.16. The summed E-state index contributed by atoms with van der Waals surface area (Å²) in [7, 11) is 0. The maximum Gasteiger partial charge on any atom is 0.328 e. The fraction of sp³-hybridized carbons (Fsp3) is 0.429. The predicted octanol–water partition coefficient (Wildman–Crippen LogP) is 0.510. The molecule has 0 aliphatic heterocycles. The Balaban J connectivity index is 2.48. The van der Waals surface area contributed by atoms with E-state index in [9.17, 15) is 9.59 Å². The second kappa shape index (κ2) is 7.02. The summed E-state index contributed by atoms with van der Waals surface area (Å²) < 4.78 is 5.32. The van der Waals surface area contributed by atoms with E-state index < -0.39 is 23.5 Å². The molecule has 1 amide bonds. The molecule has 6 nitrogen and oxygen atoms in total. The number of carboxylic acid groups (broad SMARTS) is 1. The highest BCUT2D eigenvalue weighted by Crippen LogP contribution is 2.02. The fourth-order valence-corrected chi connectivity index (χ4v) is 1.39. The van der Waals surface area contributed by atoms with Gasteiger partial charge in [0.25, 0.3) is 0 Å². The minimum absolute atomic E-state index is 0.119. The number of nitrogens with two attached hydrogens (primary N) is 1. The molecule has 0 saturated heterocycles. The van der Waals surface area contributed by atoms with E-state index >= 15 is 0 Å². The monoisotopic (exact) mass is 280 g/mol. The molecular weight excluding hydrogens is 260 g/mol. The number of carbonyl (C=O) groups excluding carboxylic acids is 1. The van der Waals surface area contributed by atoms with Gasteiger partial charge in [-0.25, -0.2) is 4.79 Å². The van der Waals surface area contributed by atoms with Crippen molar-refractivity contribution in [2.45, 2.75) is 32.0 Å². The van der Waals surface area contributed by atoms with Crippen molar-refractivity contribution < 1.29 is 19.4 Å². The van der Waals surface area contributed by atoms with E-state index in [1.807, 2.05) is 30.3 Å². The molecule has 0 aliphatic rings. The predicted molar refractivity (Wildman–Crippen MR) is 73.9 cm³/mol. The van der Waals surface area contributed by atoms with Crippen molar-refractivity contribution in [3.05, 3.63) is 35.9 Å². The largest absolute Gasteiger partial charge is 0.480 e. The molecule has 1 atom stereocenters. The summed E-state index contributed by atoms with van der Waals surface area (Å²) in [6, 6.07) is 8.24. The molecule has 0 unspecified atom stereocenters. The first-order chi connectivity index (χ1) is 9.30. The van der Waals surface area contributed by atoms with Crippen molar-refractivity contribution in [3.8, 4) is 0 Å². The van der Waals surface area contributed by atoms with Gasteiger partial charge in [-0.15, -0.1) is 0 Å². The Morgan fingerprint density at radius 1 is 1.35 bits per heavy atom. The lowest BCUT2D eigenvalue weighted by Gasteiger charge is -2.21. The Morgan fingerprint density at radius 3 is 2.45 bits per heavy atom. The van der Waals surface area contributed by atoms with Gasteiger partial charge in [-0.2, -0.15) is 0 Å². The van der Waals surface area contributed by atoms with Crippen molar-refractivity contribution in [1.82, 2.24) is 5.32 Å². The van der Waals surface area contributed by atoms with Crippen LogP contribution in [0.4, 0.5) is 0 Å². The first kappa shape index (κ1) is 16.1. The number of carbonyl (C=O) groups is 2. The number of ether oxygens (including phenoxy) is 1. The lowest BCUT2D eigenvalue weighted by Crippen LogP contribution is -2.55. The molecule has 1 aromatic carbocycles. The van der Waals surface area contributed by atoms with E-state index in [0.717, 1.165) is 5.56 Å². The van der Waals surface area contributed by atoms with E-state index in [1.165, 1.54) is 13.8 Å². The van der Waals surface area contributed by atoms with Gasteiger partial charge >= 0.3 is 5.97 Å². The number of hydrogen-bond acceptors (Lipinski definition) is 4. The number of nitrogens with one attached hydrogen (secondary N) is 1. The Hall–Kier alpha value is -1.92. The van der Waals surface area contributed by atoms with E-state index in [-0.39, 0.29) is 13.2 Å². The zero-order valence-corrected chi connectivity index (χ0v) is 11.6. The summed E-state index contributed by atoms with van der Waals surface area (Å²) in [4.78, 5) is 22.7. The van der Waals surface area contributed by atoms with E-state index in [0.29, 0.717) is 0 Å². The Kier molecular flexibility index (Phi) is 5.66. The minimum Gasteiger partial charge on any atom is -0.480 e. The fourth-order valence-electron chi connectivity index (χ4n) is 1.39. The molecule has 0 heterocycles. The molecule has 20 heavy (non-hydrogen) atoms. The molecule has 0 bridgehead atoms. The van der Waals surface area contributed by atoms with Gasteiger partial charge in [-0.05, 0) is 19.4 Å². The van der Waals surface area contributed by atoms with E-state index in [2.05, 4.69) is 5.32 Å². The van der Waals surface area contributed by atoms with Crippen LogP contribution < -0.4 is 11.1 Å². The van der Waals surface area contributed by atoms with Gasteiger partial charge in [0.15, 0.2) is 6.04 Å². The van der Waals surface area contributed by atoms with Crippen LogP contribution in [0.3, 0.4) is 0 Å². The summed E-state index contributed by atoms with van der Waals surface area (Å²) in [6.45, 7) is 3.18. The van der Waals surface area contributed by atoms with Crippen LogP contribution in [-0.2, 0) is 20.9 Å². The third kappa shape index (κ3) is 5.38. The first-order valence-electron chi connectivity index (χ1n) is 6.25. The second-order valence-electron chi connectivity index (χ2n) is 5.09. The van der Waals surface area contributed by atoms with Gasteiger partial charge in [0.05, 0.1) is 18.8 Å². The van der Waals surface area contributed by atoms with Crippen molar-refractivity contribution in [2.24, 2.45) is 5.73 Å². The van der Waals surface area contributed by atoms with Gasteiger partial charge in [0, 0.05) is 0 Å². The Labute approximate surface area is 117 Å². The van der Waals surface area contributed by atoms with Crippen molar-refractivity contribution in [3.63, 3.8) is 0 Å². The van der Waals surface area contributed by atoms with Crippen LogP contribution in [0.1, 0.15) is 19.4 Å². The van der Waals surface area contributed by atoms with Crippen LogP contribution in [-0.4, -0.2) is 35.2 Å². The zero-order chi connectivity index (χ0) is 15.2. The quantitative estimate of drug-likeness (QED) is 0.675. The second-order valence-corrected chi connectivity index (χ2v) is 5.09. The maximum atomic E-state index is 11.7. The van der Waals surface area contributed by atoms with Gasteiger partial charge in [-0.3, -0.25) is 4.79 Å². The summed E-state index contributed by atoms with van der Waals surface area (Å²) in [6.07, 6.45) is 0. The molecule has 1 aromatic rings. The maximum absolute atomic E-state index is 11.7. The molecule has 0 radical (unpaired) electrons. The van der Waals surface area contributed by atoms with Crippen LogP contribution in [0.5, 0.6) is 0 Å². The molecule has 0 aromatic heterocycles. The summed E-state index contributed by atoms with van der Waals surface area (Å²) >= 11 is 0. The molecule has 6 heteroatoms.